The van der Waals surface area contributed by atoms with Gasteiger partial charge in [-0.15, -0.1) is 11.3 Å². The van der Waals surface area contributed by atoms with E-state index in [9.17, 15) is 24.3 Å². The van der Waals surface area contributed by atoms with Gasteiger partial charge < -0.3 is 50.8 Å². The first-order valence-corrected chi connectivity index (χ1v) is 27.8. The molecule has 7 N–H and O–H groups in total. The minimum Gasteiger partial charge on any atom is -0.494 e. The number of nitrogens with zero attached hydrogens (tertiary/aromatic N) is 5. The summed E-state index contributed by atoms with van der Waals surface area (Å²) in [5.74, 6) is 0.676. The third-order valence-electron chi connectivity index (χ3n) is 13.9. The number of aliphatic hydroxyl groups excluding tert-OH is 1. The Balaban J connectivity index is 0.680. The van der Waals surface area contributed by atoms with Crippen molar-refractivity contribution in [2.24, 2.45) is 5.41 Å². The molecule has 0 spiro atoms. The van der Waals surface area contributed by atoms with Gasteiger partial charge in [-0.1, -0.05) is 63.2 Å². The highest BCUT2D eigenvalue weighted by molar-refractivity contribution is 7.13. The monoisotopic (exact) mass is 1080 g/mol. The zero-order valence-corrected chi connectivity index (χ0v) is 45.8. The first-order chi connectivity index (χ1) is 37.7. The number of rotatable bonds is 26. The van der Waals surface area contributed by atoms with Crippen molar-refractivity contribution >= 4 is 40.7 Å². The summed E-state index contributed by atoms with van der Waals surface area (Å²) in [5, 5.41) is 34.2. The van der Waals surface area contributed by atoms with Gasteiger partial charge in [-0.3, -0.25) is 29.3 Å². The number of hydrogen-bond donors (Lipinski definition) is 7. The van der Waals surface area contributed by atoms with Gasteiger partial charge in [0.2, 0.25) is 17.7 Å². The lowest BCUT2D eigenvalue weighted by molar-refractivity contribution is -0.144. The SMILES string of the molecule is Cc1ncsc1-c1ccc(CNC(=O)[C@@H]2C[C@@H](O)CN2C(=O)[C@@H](NC(=O)COCCCOCCCCCOc2cccc(CNC(=O)c3cccc(NC4(c5nc(-c6ccncc6)n[nH]5)CCNCC4)c3)c2)C(C)(C)C)cc1. The maximum absolute atomic E-state index is 14.0. The Morgan fingerprint density at radius 1 is 0.846 bits per heavy atom. The Kier molecular flexibility index (Phi) is 20.1. The molecule has 20 heteroatoms. The molecule has 0 aliphatic carbocycles. The van der Waals surface area contributed by atoms with Crippen LogP contribution in [0.25, 0.3) is 21.8 Å². The number of hydrogen-bond acceptors (Lipinski definition) is 15. The van der Waals surface area contributed by atoms with Crippen LogP contribution in [0.2, 0.25) is 0 Å². The Labute approximate surface area is 460 Å². The van der Waals surface area contributed by atoms with Crippen LogP contribution < -0.4 is 31.3 Å². The largest absolute Gasteiger partial charge is 0.494 e. The van der Waals surface area contributed by atoms with Gasteiger partial charge in [-0.05, 0) is 123 Å². The Morgan fingerprint density at radius 3 is 2.36 bits per heavy atom. The molecule has 0 bridgehead atoms. The van der Waals surface area contributed by atoms with Gasteiger partial charge in [-0.25, -0.2) is 9.97 Å². The highest BCUT2D eigenvalue weighted by Crippen LogP contribution is 2.34. The molecule has 2 aliphatic rings. The topological polar surface area (TPSA) is 247 Å². The number of carbonyl (C=O) groups is 4. The van der Waals surface area contributed by atoms with Crippen molar-refractivity contribution < 1.29 is 38.5 Å². The zero-order valence-electron chi connectivity index (χ0n) is 45.0. The number of anilines is 1. The predicted octanol–water partition coefficient (Wildman–Crippen LogP) is 6.70. The number of aromatic amines is 1. The lowest BCUT2D eigenvalue weighted by Crippen LogP contribution is -2.58. The van der Waals surface area contributed by atoms with Gasteiger partial charge in [0.1, 0.15) is 24.4 Å². The standard InChI is InChI=1S/C58H73N11O8S/c1-39-50(78-38-63-39)42-17-15-40(16-18-42)34-62-54(73)48-33-46(70)36-69(48)55(74)51(57(2,3)4)64-49(71)37-76-29-10-28-75-27-6-5-7-30-77-47-14-8-11-41(31-47)35-61-53(72)44-12-9-13-45(32-44)66-58(21-25-60-26-22-58)56-65-52(67-68-56)43-19-23-59-24-20-43/h8-9,11-20,23-24,31-32,38,46,48,51,60,66,70H,5-7,10,21-22,25-30,33-37H2,1-4H3,(H,61,72)(H,62,73)(H,64,71)(H,65,67,68)/t46-,48+,51-/m1/s1. The number of aliphatic hydroxyl groups is 1. The van der Waals surface area contributed by atoms with E-state index in [4.69, 9.17) is 19.2 Å². The normalized spacial score (nSPS) is 16.6. The molecule has 6 aromatic rings. The predicted molar refractivity (Wildman–Crippen MR) is 298 cm³/mol. The minimum absolute atomic E-state index is 0.00876. The fraction of sp³-hybridized carbons (Fsp3) is 0.448. The van der Waals surface area contributed by atoms with E-state index in [2.05, 4.69) is 46.7 Å². The summed E-state index contributed by atoms with van der Waals surface area (Å²) in [6.07, 6.45) is 7.47. The fourth-order valence-corrected chi connectivity index (χ4v) is 10.4. The number of aryl methyl sites for hydroxylation is 1. The molecule has 0 radical (unpaired) electrons. The molecule has 414 valence electrons. The summed E-state index contributed by atoms with van der Waals surface area (Å²) in [7, 11) is 0. The van der Waals surface area contributed by atoms with E-state index in [1.54, 1.807) is 23.7 Å². The molecular formula is C58H73N11O8S. The summed E-state index contributed by atoms with van der Waals surface area (Å²) < 4.78 is 17.5. The fourth-order valence-electron chi connectivity index (χ4n) is 9.61. The van der Waals surface area contributed by atoms with Crippen LogP contribution in [0.15, 0.2) is 103 Å². The number of thiazole rings is 1. The Bertz CT molecular complexity index is 2900. The van der Waals surface area contributed by atoms with Crippen molar-refractivity contribution in [1.29, 1.82) is 0 Å². The third-order valence-corrected chi connectivity index (χ3v) is 14.9. The van der Waals surface area contributed by atoms with Gasteiger partial charge in [0.25, 0.3) is 5.91 Å². The summed E-state index contributed by atoms with van der Waals surface area (Å²) in [4.78, 5) is 69.7. The van der Waals surface area contributed by atoms with Crippen LogP contribution in [-0.4, -0.2) is 130 Å². The van der Waals surface area contributed by atoms with Gasteiger partial charge in [0.15, 0.2) is 11.6 Å². The van der Waals surface area contributed by atoms with Crippen molar-refractivity contribution in [3.8, 4) is 27.6 Å². The second-order valence-corrected chi connectivity index (χ2v) is 21.8. The van der Waals surface area contributed by atoms with E-state index in [0.717, 1.165) is 95.3 Å². The molecule has 19 nitrogen and oxygen atoms in total. The molecule has 78 heavy (non-hydrogen) atoms. The molecule has 3 aromatic carbocycles. The molecule has 2 aliphatic heterocycles. The van der Waals surface area contributed by atoms with E-state index >= 15 is 0 Å². The third kappa shape index (κ3) is 15.8. The Hall–Kier alpha value is -7.10. The van der Waals surface area contributed by atoms with Crippen LogP contribution in [0.4, 0.5) is 5.69 Å². The molecule has 2 saturated heterocycles. The zero-order chi connectivity index (χ0) is 54.9. The number of nitrogens with one attached hydrogen (secondary N) is 6. The maximum atomic E-state index is 14.0. The van der Waals surface area contributed by atoms with Crippen molar-refractivity contribution in [1.82, 2.24) is 51.3 Å². The molecule has 3 atom stereocenters. The van der Waals surface area contributed by atoms with Crippen LogP contribution in [0.1, 0.15) is 98.7 Å². The number of ether oxygens (including phenoxy) is 3. The second-order valence-electron chi connectivity index (χ2n) is 21.0. The highest BCUT2D eigenvalue weighted by atomic mass is 32.1. The number of carbonyl (C=O) groups excluding carboxylic acids is 4. The number of unbranched alkanes of at least 4 members (excludes halogenated alkanes) is 2. The highest BCUT2D eigenvalue weighted by Gasteiger charge is 2.44. The summed E-state index contributed by atoms with van der Waals surface area (Å²) in [5.41, 5.74) is 6.72. The maximum Gasteiger partial charge on any atom is 0.251 e. The van der Waals surface area contributed by atoms with Gasteiger partial charge in [-0.2, -0.15) is 5.10 Å². The van der Waals surface area contributed by atoms with Crippen LogP contribution in [-0.2, 0) is 42.5 Å². The second kappa shape index (κ2) is 27.5. The average molecular weight is 1080 g/mol. The van der Waals surface area contributed by atoms with Crippen molar-refractivity contribution in [2.75, 3.05) is 58.0 Å². The lowest BCUT2D eigenvalue weighted by atomic mass is 9.85. The summed E-state index contributed by atoms with van der Waals surface area (Å²) >= 11 is 1.57. The van der Waals surface area contributed by atoms with Gasteiger partial charge in [0, 0.05) is 75.1 Å². The van der Waals surface area contributed by atoms with Crippen molar-refractivity contribution in [2.45, 2.75) is 109 Å². The minimum atomic E-state index is -0.949. The molecule has 4 amide bonds. The van der Waals surface area contributed by atoms with Gasteiger partial charge >= 0.3 is 0 Å². The molecule has 5 heterocycles. The molecule has 3 aromatic heterocycles. The number of H-pyrrole nitrogens is 1. The number of piperidine rings is 1. The lowest BCUT2D eigenvalue weighted by Gasteiger charge is -2.37. The first kappa shape index (κ1) is 57.1. The average Bonchev–Trinajstić information content (AvgIpc) is 4.29. The number of β-amino-alcohol motifs (C(OH)–C–C–N with tert-alkyl or cyclic N) is 1. The number of amides is 4. The number of pyridine rings is 1. The Morgan fingerprint density at radius 2 is 1.59 bits per heavy atom. The number of likely N-dealkylation sites (tertiary alicyclic amines) is 1. The van der Waals surface area contributed by atoms with Crippen LogP contribution in [0.5, 0.6) is 5.75 Å². The van der Waals surface area contributed by atoms with E-state index in [-0.39, 0.29) is 37.9 Å². The van der Waals surface area contributed by atoms with Crippen LogP contribution >= 0.6 is 11.3 Å². The molecule has 0 saturated carbocycles. The van der Waals surface area contributed by atoms with E-state index < -0.39 is 41.0 Å². The molecule has 2 fully saturated rings. The number of aromatic nitrogens is 5. The summed E-state index contributed by atoms with van der Waals surface area (Å²) in [6, 6.07) is 25.1. The van der Waals surface area contributed by atoms with Crippen LogP contribution in [0, 0.1) is 12.3 Å². The van der Waals surface area contributed by atoms with Crippen molar-refractivity contribution in [3.63, 3.8) is 0 Å². The smallest absolute Gasteiger partial charge is 0.251 e. The van der Waals surface area contributed by atoms with E-state index in [1.165, 1.54) is 4.90 Å². The van der Waals surface area contributed by atoms with Gasteiger partial charge in [0.05, 0.1) is 34.3 Å². The quantitative estimate of drug-likeness (QED) is 0.0280. The van der Waals surface area contributed by atoms with E-state index in [1.807, 2.05) is 118 Å². The first-order valence-electron chi connectivity index (χ1n) is 26.9. The summed E-state index contributed by atoms with van der Waals surface area (Å²) in [6.45, 7) is 11.4. The van der Waals surface area contributed by atoms with E-state index in [0.29, 0.717) is 50.8 Å². The molecule has 0 unspecified atom stereocenters. The van der Waals surface area contributed by atoms with Crippen LogP contribution in [0.3, 0.4) is 0 Å². The molecule has 8 rings (SSSR count). The van der Waals surface area contributed by atoms with Crippen molar-refractivity contribution in [3.05, 3.63) is 131 Å². The number of benzene rings is 3. The molecular weight excluding hydrogens is 1010 g/mol.